The predicted molar refractivity (Wildman–Crippen MR) is 63.9 cm³/mol. The fourth-order valence-electron chi connectivity index (χ4n) is 2.43. The van der Waals surface area contributed by atoms with Crippen LogP contribution in [0.4, 0.5) is 0 Å². The van der Waals surface area contributed by atoms with Gasteiger partial charge in [-0.25, -0.2) is 0 Å². The van der Waals surface area contributed by atoms with E-state index >= 15 is 0 Å². The molecule has 0 aliphatic heterocycles. The van der Waals surface area contributed by atoms with E-state index < -0.39 is 0 Å². The van der Waals surface area contributed by atoms with Gasteiger partial charge in [0.25, 0.3) is 0 Å². The number of nitrogens with two attached hydrogens (primary N) is 1. The van der Waals surface area contributed by atoms with Gasteiger partial charge in [-0.15, -0.1) is 0 Å². The Balaban J connectivity index is 2.14. The van der Waals surface area contributed by atoms with Crippen LogP contribution in [0.2, 0.25) is 0 Å². The number of nitrogens with one attached hydrogen (secondary N) is 1. The topological polar surface area (TPSA) is 38.0 Å². The van der Waals surface area contributed by atoms with Crippen molar-refractivity contribution in [3.05, 3.63) is 35.4 Å². The van der Waals surface area contributed by atoms with Crippen molar-refractivity contribution in [3.63, 3.8) is 0 Å². The van der Waals surface area contributed by atoms with Crippen molar-refractivity contribution >= 4 is 0 Å². The Bertz CT molecular complexity index is 308. The molecule has 1 aromatic rings. The smallest absolute Gasteiger partial charge is 0.0385 e. The minimum absolute atomic E-state index is 0.125. The summed E-state index contributed by atoms with van der Waals surface area (Å²) in [6.07, 6.45) is 3.33. The van der Waals surface area contributed by atoms with Gasteiger partial charge in [-0.05, 0) is 36.9 Å². The lowest BCUT2D eigenvalue weighted by atomic mass is 9.96. The molecule has 0 atom stereocenters. The van der Waals surface area contributed by atoms with Gasteiger partial charge < -0.3 is 11.1 Å². The maximum Gasteiger partial charge on any atom is 0.0385 e. The first-order chi connectivity index (χ1) is 7.29. The Morgan fingerprint density at radius 1 is 1.27 bits per heavy atom. The molecule has 0 saturated carbocycles. The number of rotatable bonds is 4. The molecule has 0 radical (unpaired) electrons. The van der Waals surface area contributed by atoms with Crippen LogP contribution in [0.1, 0.15) is 24.5 Å². The van der Waals surface area contributed by atoms with Crippen LogP contribution < -0.4 is 11.1 Å². The first-order valence-electron chi connectivity index (χ1n) is 5.81. The standard InChI is InChI=1S/C13H20N2/c1-2-7-15-13(10-14)8-11-5-3-4-6-12(11)9-13/h3-6,15H,2,7-10,14H2,1H3. The monoisotopic (exact) mass is 204 g/mol. The molecule has 15 heavy (non-hydrogen) atoms. The summed E-state index contributed by atoms with van der Waals surface area (Å²) in [5.74, 6) is 0. The van der Waals surface area contributed by atoms with Gasteiger partial charge in [0.2, 0.25) is 0 Å². The molecule has 0 amide bonds. The Morgan fingerprint density at radius 2 is 1.87 bits per heavy atom. The van der Waals surface area contributed by atoms with Gasteiger partial charge in [0.05, 0.1) is 0 Å². The zero-order valence-corrected chi connectivity index (χ0v) is 9.42. The molecule has 0 aromatic heterocycles. The molecule has 1 aromatic carbocycles. The van der Waals surface area contributed by atoms with Crippen molar-refractivity contribution in [2.75, 3.05) is 13.1 Å². The summed E-state index contributed by atoms with van der Waals surface area (Å²) in [6, 6.07) is 8.68. The van der Waals surface area contributed by atoms with E-state index in [1.54, 1.807) is 0 Å². The van der Waals surface area contributed by atoms with Gasteiger partial charge >= 0.3 is 0 Å². The van der Waals surface area contributed by atoms with Crippen molar-refractivity contribution < 1.29 is 0 Å². The Kier molecular flexibility index (Phi) is 3.08. The molecular weight excluding hydrogens is 184 g/mol. The van der Waals surface area contributed by atoms with Crippen molar-refractivity contribution in [2.45, 2.75) is 31.7 Å². The molecule has 82 valence electrons. The zero-order chi connectivity index (χ0) is 10.7. The summed E-state index contributed by atoms with van der Waals surface area (Å²) in [5, 5.41) is 3.62. The molecule has 2 nitrogen and oxygen atoms in total. The summed E-state index contributed by atoms with van der Waals surface area (Å²) < 4.78 is 0. The third kappa shape index (κ3) is 2.06. The largest absolute Gasteiger partial charge is 0.329 e. The molecule has 2 rings (SSSR count). The lowest BCUT2D eigenvalue weighted by Gasteiger charge is -2.28. The van der Waals surface area contributed by atoms with Crippen LogP contribution in [0.15, 0.2) is 24.3 Å². The zero-order valence-electron chi connectivity index (χ0n) is 9.42. The second-order valence-electron chi connectivity index (χ2n) is 4.53. The summed E-state index contributed by atoms with van der Waals surface area (Å²) in [5.41, 5.74) is 8.98. The number of fused-ring (bicyclic) bond motifs is 1. The first-order valence-corrected chi connectivity index (χ1v) is 5.81. The molecule has 0 saturated heterocycles. The highest BCUT2D eigenvalue weighted by Gasteiger charge is 2.34. The Labute approximate surface area is 91.9 Å². The van der Waals surface area contributed by atoms with Gasteiger partial charge in [-0.2, -0.15) is 0 Å². The summed E-state index contributed by atoms with van der Waals surface area (Å²) in [6.45, 7) is 3.98. The molecular formula is C13H20N2. The summed E-state index contributed by atoms with van der Waals surface area (Å²) in [4.78, 5) is 0. The summed E-state index contributed by atoms with van der Waals surface area (Å²) in [7, 11) is 0. The van der Waals surface area contributed by atoms with Gasteiger partial charge in [0.15, 0.2) is 0 Å². The highest BCUT2D eigenvalue weighted by atomic mass is 15.0. The second kappa shape index (κ2) is 4.33. The predicted octanol–water partition coefficient (Wildman–Crippen LogP) is 1.48. The van der Waals surface area contributed by atoms with E-state index in [-0.39, 0.29) is 5.54 Å². The van der Waals surface area contributed by atoms with E-state index in [0.717, 1.165) is 32.4 Å². The summed E-state index contributed by atoms with van der Waals surface area (Å²) >= 11 is 0. The van der Waals surface area contributed by atoms with E-state index in [2.05, 4.69) is 36.5 Å². The average molecular weight is 204 g/mol. The van der Waals surface area contributed by atoms with Crippen molar-refractivity contribution in [3.8, 4) is 0 Å². The maximum absolute atomic E-state index is 5.93. The molecule has 2 heteroatoms. The normalized spacial score (nSPS) is 17.7. The van der Waals surface area contributed by atoms with Gasteiger partial charge in [0, 0.05) is 12.1 Å². The molecule has 0 heterocycles. The number of benzene rings is 1. The molecule has 1 aliphatic rings. The fourth-order valence-corrected chi connectivity index (χ4v) is 2.43. The number of hydrogen-bond acceptors (Lipinski definition) is 2. The fraction of sp³-hybridized carbons (Fsp3) is 0.538. The molecule has 0 spiro atoms. The van der Waals surface area contributed by atoms with Crippen LogP contribution in [0.5, 0.6) is 0 Å². The molecule has 0 bridgehead atoms. The highest BCUT2D eigenvalue weighted by molar-refractivity contribution is 5.36. The minimum atomic E-state index is 0.125. The maximum atomic E-state index is 5.93. The third-order valence-electron chi connectivity index (χ3n) is 3.32. The first kappa shape index (κ1) is 10.7. The van der Waals surface area contributed by atoms with Crippen molar-refractivity contribution in [1.29, 1.82) is 0 Å². The Hall–Kier alpha value is -0.860. The minimum Gasteiger partial charge on any atom is -0.329 e. The lowest BCUT2D eigenvalue weighted by Crippen LogP contribution is -2.52. The average Bonchev–Trinajstić information content (AvgIpc) is 2.65. The van der Waals surface area contributed by atoms with Crippen LogP contribution in [0.3, 0.4) is 0 Å². The lowest BCUT2D eigenvalue weighted by molar-refractivity contribution is 0.349. The molecule has 0 unspecified atom stereocenters. The Morgan fingerprint density at radius 3 is 2.33 bits per heavy atom. The van der Waals surface area contributed by atoms with Crippen molar-refractivity contribution in [1.82, 2.24) is 5.32 Å². The molecule has 3 N–H and O–H groups in total. The van der Waals surface area contributed by atoms with Crippen LogP contribution in [-0.4, -0.2) is 18.6 Å². The molecule has 0 fully saturated rings. The second-order valence-corrected chi connectivity index (χ2v) is 4.53. The van der Waals surface area contributed by atoms with Crippen molar-refractivity contribution in [2.24, 2.45) is 5.73 Å². The van der Waals surface area contributed by atoms with E-state index in [1.807, 2.05) is 0 Å². The third-order valence-corrected chi connectivity index (χ3v) is 3.32. The van der Waals surface area contributed by atoms with Gasteiger partial charge in [0.1, 0.15) is 0 Å². The van der Waals surface area contributed by atoms with Crippen LogP contribution >= 0.6 is 0 Å². The van der Waals surface area contributed by atoms with Crippen LogP contribution in [-0.2, 0) is 12.8 Å². The quantitative estimate of drug-likeness (QED) is 0.779. The SMILES string of the molecule is CCCNC1(CN)Cc2ccccc2C1. The van der Waals surface area contributed by atoms with Gasteiger partial charge in [-0.3, -0.25) is 0 Å². The van der Waals surface area contributed by atoms with E-state index in [0.29, 0.717) is 0 Å². The van der Waals surface area contributed by atoms with E-state index in [1.165, 1.54) is 11.1 Å². The van der Waals surface area contributed by atoms with Crippen LogP contribution in [0, 0.1) is 0 Å². The van der Waals surface area contributed by atoms with Gasteiger partial charge in [-0.1, -0.05) is 31.2 Å². The number of hydrogen-bond donors (Lipinski definition) is 2. The van der Waals surface area contributed by atoms with E-state index in [4.69, 9.17) is 5.73 Å². The molecule has 1 aliphatic carbocycles. The highest BCUT2D eigenvalue weighted by Crippen LogP contribution is 2.29. The van der Waals surface area contributed by atoms with Crippen LogP contribution in [0.25, 0.3) is 0 Å². The van der Waals surface area contributed by atoms with E-state index in [9.17, 15) is 0 Å².